The van der Waals surface area contributed by atoms with Crippen LogP contribution in [-0.2, 0) is 9.53 Å². The predicted octanol–water partition coefficient (Wildman–Crippen LogP) is 2.66. The molecule has 0 aliphatic carbocycles. The Morgan fingerprint density at radius 2 is 1.73 bits per heavy atom. The van der Waals surface area contributed by atoms with E-state index in [2.05, 4.69) is 36.4 Å². The smallest absolute Gasteiger partial charge is 0.285 e. The molecule has 2 aliphatic heterocycles. The molecule has 1 aromatic heterocycles. The van der Waals surface area contributed by atoms with Crippen molar-refractivity contribution >= 4 is 27.5 Å². The van der Waals surface area contributed by atoms with E-state index in [0.29, 0.717) is 32.2 Å². The van der Waals surface area contributed by atoms with Crippen molar-refractivity contribution in [2.24, 2.45) is 0 Å². The number of thiazole rings is 1. The third kappa shape index (κ3) is 4.00. The van der Waals surface area contributed by atoms with Gasteiger partial charge in [0.25, 0.3) is 5.91 Å². The molecule has 0 radical (unpaired) electrons. The molecule has 30 heavy (non-hydrogen) atoms. The van der Waals surface area contributed by atoms with Gasteiger partial charge in [-0.3, -0.25) is 4.79 Å². The van der Waals surface area contributed by atoms with Crippen LogP contribution >= 0.6 is 11.3 Å². The van der Waals surface area contributed by atoms with Crippen molar-refractivity contribution < 1.29 is 14.4 Å². The Kier molecular flexibility index (Phi) is 5.79. The Morgan fingerprint density at radius 3 is 2.47 bits per heavy atom. The SMILES string of the molecule is O=C([C@@H](c1ccccc1)[NH+]1CCC(c2nc3ccccc3s2)CC1)N1CCOCC1. The molecular weight excluding hydrogens is 394 g/mol. The van der Waals surface area contributed by atoms with E-state index in [-0.39, 0.29) is 11.9 Å². The van der Waals surface area contributed by atoms with Gasteiger partial charge in [-0.15, -0.1) is 11.3 Å². The highest BCUT2D eigenvalue weighted by atomic mass is 32.1. The minimum absolute atomic E-state index is 0.124. The minimum atomic E-state index is -0.124. The van der Waals surface area contributed by atoms with Crippen LogP contribution < -0.4 is 4.90 Å². The number of likely N-dealkylation sites (tertiary alicyclic amines) is 1. The van der Waals surface area contributed by atoms with E-state index in [1.54, 1.807) is 0 Å². The number of amides is 1. The summed E-state index contributed by atoms with van der Waals surface area (Å²) < 4.78 is 6.73. The highest BCUT2D eigenvalue weighted by Crippen LogP contribution is 2.32. The summed E-state index contributed by atoms with van der Waals surface area (Å²) in [5, 5.41) is 1.26. The van der Waals surface area contributed by atoms with E-state index in [4.69, 9.17) is 9.72 Å². The summed E-state index contributed by atoms with van der Waals surface area (Å²) in [5.41, 5.74) is 2.24. The lowest BCUT2D eigenvalue weighted by Crippen LogP contribution is -3.14. The highest BCUT2D eigenvalue weighted by Gasteiger charge is 2.38. The maximum atomic E-state index is 13.5. The number of carbonyl (C=O) groups is 1. The summed E-state index contributed by atoms with van der Waals surface area (Å²) in [6, 6.07) is 18.6. The van der Waals surface area contributed by atoms with Crippen molar-refractivity contribution in [1.29, 1.82) is 0 Å². The second-order valence-electron chi connectivity index (χ2n) is 8.23. The van der Waals surface area contributed by atoms with Crippen molar-refractivity contribution in [3.05, 3.63) is 65.2 Å². The number of hydrogen-bond donors (Lipinski definition) is 1. The minimum Gasteiger partial charge on any atom is -0.378 e. The average molecular weight is 423 g/mol. The van der Waals surface area contributed by atoms with Crippen molar-refractivity contribution in [3.8, 4) is 0 Å². The number of hydrogen-bond acceptors (Lipinski definition) is 4. The van der Waals surface area contributed by atoms with Crippen LogP contribution in [0.15, 0.2) is 54.6 Å². The lowest BCUT2D eigenvalue weighted by Gasteiger charge is -2.37. The maximum absolute atomic E-state index is 13.5. The quantitative estimate of drug-likeness (QED) is 0.703. The summed E-state index contributed by atoms with van der Waals surface area (Å²) in [6.45, 7) is 4.67. The molecule has 3 aromatic rings. The number of quaternary nitrogens is 1. The molecular formula is C24H28N3O2S+. The molecule has 2 saturated heterocycles. The van der Waals surface area contributed by atoms with Gasteiger partial charge in [0.05, 0.1) is 41.5 Å². The molecule has 0 spiro atoms. The number of benzene rings is 2. The number of nitrogens with zero attached hydrogens (tertiary/aromatic N) is 2. The van der Waals surface area contributed by atoms with E-state index in [1.807, 2.05) is 34.4 Å². The number of ether oxygens (including phenoxy) is 1. The van der Waals surface area contributed by atoms with Crippen LogP contribution in [0, 0.1) is 0 Å². The molecule has 1 N–H and O–H groups in total. The van der Waals surface area contributed by atoms with Gasteiger partial charge in [0.15, 0.2) is 6.04 Å². The zero-order valence-electron chi connectivity index (χ0n) is 17.1. The summed E-state index contributed by atoms with van der Waals surface area (Å²) in [6.07, 6.45) is 2.16. The molecule has 1 atom stereocenters. The first-order valence-corrected chi connectivity index (χ1v) is 11.7. The zero-order valence-corrected chi connectivity index (χ0v) is 17.9. The van der Waals surface area contributed by atoms with Crippen LogP contribution in [-0.4, -0.2) is 55.2 Å². The van der Waals surface area contributed by atoms with Gasteiger partial charge in [-0.25, -0.2) is 4.98 Å². The molecule has 2 fully saturated rings. The maximum Gasteiger partial charge on any atom is 0.285 e. The number of piperidine rings is 1. The first kappa shape index (κ1) is 19.7. The lowest BCUT2D eigenvalue weighted by atomic mass is 9.94. The molecule has 2 aliphatic rings. The number of rotatable bonds is 4. The van der Waals surface area contributed by atoms with Crippen LogP contribution in [0.3, 0.4) is 0 Å². The van der Waals surface area contributed by atoms with Crippen molar-refractivity contribution in [3.63, 3.8) is 0 Å². The standard InChI is InChI=1S/C24H27N3O2S/c28-24(27-14-16-29-17-15-27)22(18-6-2-1-3-7-18)26-12-10-19(11-13-26)23-25-20-8-4-5-9-21(20)30-23/h1-9,19,22H,10-17H2/p+1/t22-/m1/s1. The third-order valence-corrected chi connectivity index (χ3v) is 7.60. The first-order valence-electron chi connectivity index (χ1n) is 10.9. The van der Waals surface area contributed by atoms with E-state index in [1.165, 1.54) is 14.6 Å². The van der Waals surface area contributed by atoms with Crippen molar-refractivity contribution in [1.82, 2.24) is 9.88 Å². The topological polar surface area (TPSA) is 46.9 Å². The van der Waals surface area contributed by atoms with Crippen molar-refractivity contribution in [2.45, 2.75) is 24.8 Å². The van der Waals surface area contributed by atoms with Gasteiger partial charge < -0.3 is 14.5 Å². The van der Waals surface area contributed by atoms with Crippen molar-refractivity contribution in [2.75, 3.05) is 39.4 Å². The van der Waals surface area contributed by atoms with Gasteiger partial charge in [0.2, 0.25) is 0 Å². The Hall–Kier alpha value is -2.28. The molecule has 5 nitrogen and oxygen atoms in total. The van der Waals surface area contributed by atoms with Gasteiger partial charge in [-0.1, -0.05) is 42.5 Å². The number of morpholine rings is 1. The van der Waals surface area contributed by atoms with Gasteiger partial charge in [-0.05, 0) is 12.1 Å². The van der Waals surface area contributed by atoms with Crippen LogP contribution in [0.1, 0.15) is 35.4 Å². The largest absolute Gasteiger partial charge is 0.378 e. The molecule has 156 valence electrons. The molecule has 1 amide bonds. The number of nitrogens with one attached hydrogen (secondary N) is 1. The second kappa shape index (κ2) is 8.84. The zero-order chi connectivity index (χ0) is 20.3. The number of para-hydroxylation sites is 1. The average Bonchev–Trinajstić information content (AvgIpc) is 3.25. The highest BCUT2D eigenvalue weighted by molar-refractivity contribution is 7.18. The Balaban J connectivity index is 1.33. The van der Waals surface area contributed by atoms with Crippen LogP contribution in [0.25, 0.3) is 10.2 Å². The summed E-state index contributed by atoms with van der Waals surface area (Å²) in [7, 11) is 0. The van der Waals surface area contributed by atoms with Crippen LogP contribution in [0.2, 0.25) is 0 Å². The van der Waals surface area contributed by atoms with E-state index in [0.717, 1.165) is 37.0 Å². The second-order valence-corrected chi connectivity index (χ2v) is 9.30. The fourth-order valence-corrected chi connectivity index (χ4v) is 5.89. The van der Waals surface area contributed by atoms with Gasteiger partial charge in [-0.2, -0.15) is 0 Å². The normalized spacial score (nSPS) is 23.4. The fourth-order valence-electron chi connectivity index (χ4n) is 4.75. The van der Waals surface area contributed by atoms with Gasteiger partial charge in [0.1, 0.15) is 0 Å². The molecule has 5 rings (SSSR count). The molecule has 0 bridgehead atoms. The number of aromatic nitrogens is 1. The Bertz CT molecular complexity index is 959. The number of fused-ring (bicyclic) bond motifs is 1. The lowest BCUT2D eigenvalue weighted by molar-refractivity contribution is -0.927. The summed E-state index contributed by atoms with van der Waals surface area (Å²) in [5.74, 6) is 0.749. The monoisotopic (exact) mass is 422 g/mol. The van der Waals surface area contributed by atoms with E-state index < -0.39 is 0 Å². The Morgan fingerprint density at radius 1 is 1.03 bits per heavy atom. The van der Waals surface area contributed by atoms with Gasteiger partial charge >= 0.3 is 0 Å². The van der Waals surface area contributed by atoms with Crippen LogP contribution in [0.4, 0.5) is 0 Å². The Labute approximate surface area is 181 Å². The van der Waals surface area contributed by atoms with E-state index >= 15 is 0 Å². The molecule has 6 heteroatoms. The molecule has 0 saturated carbocycles. The summed E-state index contributed by atoms with van der Waals surface area (Å²) >= 11 is 1.83. The molecule has 0 unspecified atom stereocenters. The van der Waals surface area contributed by atoms with Crippen LogP contribution in [0.5, 0.6) is 0 Å². The molecule has 2 aromatic carbocycles. The summed E-state index contributed by atoms with van der Waals surface area (Å²) in [4.78, 5) is 21.8. The fraction of sp³-hybridized carbons (Fsp3) is 0.417. The third-order valence-electron chi connectivity index (χ3n) is 6.40. The first-order chi connectivity index (χ1) is 14.8. The number of carbonyl (C=O) groups excluding carboxylic acids is 1. The molecule has 3 heterocycles. The predicted molar refractivity (Wildman–Crippen MR) is 119 cm³/mol. The van der Waals surface area contributed by atoms with E-state index in [9.17, 15) is 4.79 Å². The van der Waals surface area contributed by atoms with Gasteiger partial charge in [0, 0.05) is 37.4 Å².